The molecule has 0 fully saturated rings. The molecule has 0 unspecified atom stereocenters. The third-order valence-electron chi connectivity index (χ3n) is 5.25. The number of aryl methyl sites for hydroxylation is 3. The van der Waals surface area contributed by atoms with Crippen LogP contribution in [0.1, 0.15) is 32.2 Å². The lowest BCUT2D eigenvalue weighted by Gasteiger charge is -2.09. The molecule has 3 aromatic heterocycles. The Balaban J connectivity index is 1.49. The molecule has 0 aliphatic heterocycles. The first-order valence-corrected chi connectivity index (χ1v) is 11.2. The van der Waals surface area contributed by atoms with Gasteiger partial charge in [-0.05, 0) is 56.2 Å². The molecule has 34 heavy (non-hydrogen) atoms. The molecule has 10 heteroatoms. The Hall–Kier alpha value is -3.92. The fourth-order valence-electron chi connectivity index (χ4n) is 3.35. The number of halogens is 1. The fourth-order valence-corrected chi connectivity index (χ4v) is 4.43. The smallest absolute Gasteiger partial charge is 0.277 e. The van der Waals surface area contributed by atoms with E-state index in [0.717, 1.165) is 16.9 Å². The SMILES string of the molecule is Cc1nc(-c2c(C)c(C)nn(C)c2=O)sc1C(=O)NCc1ccc(Oc2cccnc2)c(F)c1. The summed E-state index contributed by atoms with van der Waals surface area (Å²) in [5, 5.41) is 7.44. The van der Waals surface area contributed by atoms with Crippen LogP contribution in [-0.4, -0.2) is 25.7 Å². The molecular weight excluding hydrogens is 457 g/mol. The fraction of sp³-hybridized carbons (Fsp3) is 0.208. The molecule has 8 nitrogen and oxygen atoms in total. The van der Waals surface area contributed by atoms with Gasteiger partial charge in [0.05, 0.1) is 23.1 Å². The molecule has 0 saturated carbocycles. The number of benzene rings is 1. The van der Waals surface area contributed by atoms with Crippen LogP contribution < -0.4 is 15.6 Å². The molecular formula is C24H22FN5O3S. The number of carbonyl (C=O) groups is 1. The molecule has 0 atom stereocenters. The van der Waals surface area contributed by atoms with Crippen LogP contribution in [0.3, 0.4) is 0 Å². The van der Waals surface area contributed by atoms with E-state index >= 15 is 0 Å². The van der Waals surface area contributed by atoms with E-state index in [1.54, 1.807) is 38.4 Å². The van der Waals surface area contributed by atoms with Crippen LogP contribution >= 0.6 is 11.3 Å². The number of pyridine rings is 1. The molecule has 0 aliphatic carbocycles. The van der Waals surface area contributed by atoms with Gasteiger partial charge >= 0.3 is 0 Å². The maximum atomic E-state index is 14.5. The van der Waals surface area contributed by atoms with Gasteiger partial charge < -0.3 is 10.1 Å². The Kier molecular flexibility index (Phi) is 6.51. The summed E-state index contributed by atoms with van der Waals surface area (Å²) in [5.41, 5.74) is 2.70. The Bertz CT molecular complexity index is 1430. The highest BCUT2D eigenvalue weighted by Crippen LogP contribution is 2.29. The van der Waals surface area contributed by atoms with E-state index < -0.39 is 5.82 Å². The quantitative estimate of drug-likeness (QED) is 0.447. The molecule has 0 radical (unpaired) electrons. The van der Waals surface area contributed by atoms with E-state index in [1.807, 2.05) is 13.8 Å². The predicted molar refractivity (Wildman–Crippen MR) is 127 cm³/mol. The first-order valence-electron chi connectivity index (χ1n) is 10.4. The zero-order chi connectivity index (χ0) is 24.4. The normalized spacial score (nSPS) is 10.9. The summed E-state index contributed by atoms with van der Waals surface area (Å²) in [4.78, 5) is 34.2. The van der Waals surface area contributed by atoms with Gasteiger partial charge in [-0.2, -0.15) is 5.10 Å². The summed E-state index contributed by atoms with van der Waals surface area (Å²) in [6.07, 6.45) is 3.09. The first kappa shape index (κ1) is 23.2. The van der Waals surface area contributed by atoms with Crippen LogP contribution in [0.25, 0.3) is 10.6 Å². The van der Waals surface area contributed by atoms with Crippen LogP contribution in [0.5, 0.6) is 11.5 Å². The van der Waals surface area contributed by atoms with E-state index in [0.29, 0.717) is 38.1 Å². The minimum absolute atomic E-state index is 0.0654. The Morgan fingerprint density at radius 2 is 2.00 bits per heavy atom. The van der Waals surface area contributed by atoms with Gasteiger partial charge in [0.1, 0.15) is 15.6 Å². The summed E-state index contributed by atoms with van der Waals surface area (Å²) < 4.78 is 21.2. The average Bonchev–Trinajstić information content (AvgIpc) is 3.20. The number of nitrogens with one attached hydrogen (secondary N) is 1. The van der Waals surface area contributed by atoms with Crippen molar-refractivity contribution >= 4 is 17.2 Å². The summed E-state index contributed by atoms with van der Waals surface area (Å²) in [6, 6.07) is 7.86. The minimum atomic E-state index is -0.550. The van der Waals surface area contributed by atoms with Crippen LogP contribution in [0, 0.1) is 26.6 Å². The number of nitrogens with zero attached hydrogens (tertiary/aromatic N) is 4. The first-order chi connectivity index (χ1) is 16.2. The van der Waals surface area contributed by atoms with Crippen LogP contribution in [0.15, 0.2) is 47.5 Å². The van der Waals surface area contributed by atoms with Gasteiger partial charge in [0.2, 0.25) is 0 Å². The van der Waals surface area contributed by atoms with Crippen molar-refractivity contribution in [3.8, 4) is 22.1 Å². The number of rotatable bonds is 6. The molecule has 0 aliphatic rings. The second-order valence-corrected chi connectivity index (χ2v) is 8.69. The van der Waals surface area contributed by atoms with Gasteiger partial charge in [-0.3, -0.25) is 14.6 Å². The number of hydrogen-bond acceptors (Lipinski definition) is 7. The zero-order valence-electron chi connectivity index (χ0n) is 19.0. The van der Waals surface area contributed by atoms with Crippen LogP contribution in [-0.2, 0) is 13.6 Å². The molecule has 0 bridgehead atoms. The Morgan fingerprint density at radius 1 is 1.21 bits per heavy atom. The third-order valence-corrected chi connectivity index (χ3v) is 6.43. The maximum Gasteiger partial charge on any atom is 0.277 e. The van der Waals surface area contributed by atoms with Crippen LogP contribution in [0.2, 0.25) is 0 Å². The summed E-state index contributed by atoms with van der Waals surface area (Å²) in [5.74, 6) is -0.409. The van der Waals surface area contributed by atoms with Crippen molar-refractivity contribution in [1.82, 2.24) is 25.1 Å². The summed E-state index contributed by atoms with van der Waals surface area (Å²) >= 11 is 1.14. The number of aromatic nitrogens is 4. The van der Waals surface area contributed by atoms with Crippen molar-refractivity contribution in [2.45, 2.75) is 27.3 Å². The Labute approximate surface area is 199 Å². The van der Waals surface area contributed by atoms with Crippen LogP contribution in [0.4, 0.5) is 4.39 Å². The predicted octanol–water partition coefficient (Wildman–Crippen LogP) is 4.09. The van der Waals surface area contributed by atoms with Gasteiger partial charge in [0.15, 0.2) is 11.6 Å². The van der Waals surface area contributed by atoms with Gasteiger partial charge in [0.25, 0.3) is 11.5 Å². The third kappa shape index (κ3) is 4.72. The van der Waals surface area contributed by atoms with Crippen molar-refractivity contribution in [3.63, 3.8) is 0 Å². The van der Waals surface area contributed by atoms with Gasteiger partial charge in [-0.15, -0.1) is 11.3 Å². The molecule has 0 saturated heterocycles. The number of amides is 1. The standard InChI is InChI=1S/C24H22FN5O3S/c1-13-14(2)29-30(4)24(32)20(13)23-28-15(3)21(34-23)22(31)27-11-16-7-8-19(18(25)10-16)33-17-6-5-9-26-12-17/h5-10,12H,11H2,1-4H3,(H,27,31). The molecule has 1 amide bonds. The van der Waals surface area contributed by atoms with E-state index in [1.165, 1.54) is 23.0 Å². The molecule has 1 N–H and O–H groups in total. The van der Waals surface area contributed by atoms with E-state index in [9.17, 15) is 14.0 Å². The Morgan fingerprint density at radius 3 is 2.71 bits per heavy atom. The highest BCUT2D eigenvalue weighted by Gasteiger charge is 2.21. The van der Waals surface area contributed by atoms with Crippen molar-refractivity contribution in [2.24, 2.45) is 7.05 Å². The van der Waals surface area contributed by atoms with Gasteiger partial charge in [-0.25, -0.2) is 14.1 Å². The molecule has 3 heterocycles. The van der Waals surface area contributed by atoms with Gasteiger partial charge in [-0.1, -0.05) is 6.07 Å². The van der Waals surface area contributed by atoms with Crippen molar-refractivity contribution in [1.29, 1.82) is 0 Å². The average molecular weight is 480 g/mol. The molecule has 0 spiro atoms. The number of hydrogen-bond donors (Lipinski definition) is 1. The molecule has 4 rings (SSSR count). The highest BCUT2D eigenvalue weighted by atomic mass is 32.1. The topological polar surface area (TPSA) is 99.0 Å². The van der Waals surface area contributed by atoms with E-state index in [-0.39, 0.29) is 23.8 Å². The lowest BCUT2D eigenvalue weighted by Crippen LogP contribution is -2.23. The number of ether oxygens (including phenoxy) is 1. The second kappa shape index (κ2) is 9.52. The number of thiazole rings is 1. The largest absolute Gasteiger partial charge is 0.453 e. The van der Waals surface area contributed by atoms with E-state index in [4.69, 9.17) is 4.74 Å². The highest BCUT2D eigenvalue weighted by molar-refractivity contribution is 7.17. The zero-order valence-corrected chi connectivity index (χ0v) is 19.9. The minimum Gasteiger partial charge on any atom is -0.453 e. The summed E-state index contributed by atoms with van der Waals surface area (Å²) in [6.45, 7) is 5.46. The molecule has 1 aromatic carbocycles. The molecule has 174 valence electrons. The second-order valence-electron chi connectivity index (χ2n) is 7.69. The molecule has 4 aromatic rings. The van der Waals surface area contributed by atoms with Crippen molar-refractivity contribution in [2.75, 3.05) is 0 Å². The summed E-state index contributed by atoms with van der Waals surface area (Å²) in [7, 11) is 1.58. The van der Waals surface area contributed by atoms with E-state index in [2.05, 4.69) is 20.4 Å². The van der Waals surface area contributed by atoms with Gasteiger partial charge in [0, 0.05) is 19.8 Å². The lowest BCUT2D eigenvalue weighted by molar-refractivity contribution is 0.0954. The number of carbonyl (C=O) groups excluding carboxylic acids is 1. The van der Waals surface area contributed by atoms with Crippen molar-refractivity contribution < 1.29 is 13.9 Å². The maximum absolute atomic E-state index is 14.5. The van der Waals surface area contributed by atoms with Crippen molar-refractivity contribution in [3.05, 3.63) is 86.3 Å². The monoisotopic (exact) mass is 479 g/mol. The lowest BCUT2D eigenvalue weighted by atomic mass is 10.1.